The molecule has 26 heavy (non-hydrogen) atoms. The van der Waals surface area contributed by atoms with E-state index in [1.807, 2.05) is 12.1 Å². The monoisotopic (exact) mass is 359 g/mol. The van der Waals surface area contributed by atoms with Crippen LogP contribution < -0.4 is 14.2 Å². The number of aromatic hydroxyl groups is 2. The third kappa shape index (κ3) is 3.24. The highest BCUT2D eigenvalue weighted by atomic mass is 16.5. The van der Waals surface area contributed by atoms with E-state index in [0.717, 1.165) is 29.7 Å². The van der Waals surface area contributed by atoms with Gasteiger partial charge in [-0.15, -0.1) is 0 Å². The van der Waals surface area contributed by atoms with Gasteiger partial charge in [-0.3, -0.25) is 4.90 Å². The fourth-order valence-corrected chi connectivity index (χ4v) is 3.60. The summed E-state index contributed by atoms with van der Waals surface area (Å²) in [6.07, 6.45) is 1.55. The topological polar surface area (TPSA) is 71.4 Å². The molecule has 3 rings (SSSR count). The third-order valence-corrected chi connectivity index (χ3v) is 5.01. The molecule has 1 atom stereocenters. The van der Waals surface area contributed by atoms with Crippen molar-refractivity contribution in [2.24, 2.45) is 0 Å². The fraction of sp³-hybridized carbons (Fsp3) is 0.400. The molecule has 6 heteroatoms. The summed E-state index contributed by atoms with van der Waals surface area (Å²) in [5, 5.41) is 19.8. The smallest absolute Gasteiger partial charge is 0.203 e. The highest BCUT2D eigenvalue weighted by molar-refractivity contribution is 5.54. The maximum Gasteiger partial charge on any atom is 0.203 e. The second-order valence-electron chi connectivity index (χ2n) is 6.52. The van der Waals surface area contributed by atoms with E-state index >= 15 is 0 Å². The summed E-state index contributed by atoms with van der Waals surface area (Å²) in [4.78, 5) is 2.25. The van der Waals surface area contributed by atoms with Gasteiger partial charge in [-0.05, 0) is 60.8 Å². The van der Waals surface area contributed by atoms with Crippen molar-refractivity contribution < 1.29 is 24.4 Å². The minimum absolute atomic E-state index is 0.0696. The molecule has 0 saturated carbocycles. The first kappa shape index (κ1) is 18.2. The van der Waals surface area contributed by atoms with Gasteiger partial charge in [0.05, 0.1) is 21.3 Å². The van der Waals surface area contributed by atoms with Crippen LogP contribution in [0.25, 0.3) is 0 Å². The van der Waals surface area contributed by atoms with Gasteiger partial charge in [-0.25, -0.2) is 0 Å². The first-order valence-electron chi connectivity index (χ1n) is 8.52. The van der Waals surface area contributed by atoms with E-state index in [4.69, 9.17) is 14.2 Å². The van der Waals surface area contributed by atoms with Gasteiger partial charge in [0.1, 0.15) is 0 Å². The fourth-order valence-electron chi connectivity index (χ4n) is 3.60. The molecule has 0 bridgehead atoms. The van der Waals surface area contributed by atoms with Gasteiger partial charge < -0.3 is 24.4 Å². The quantitative estimate of drug-likeness (QED) is 0.800. The van der Waals surface area contributed by atoms with Gasteiger partial charge in [0.25, 0.3) is 0 Å². The van der Waals surface area contributed by atoms with Gasteiger partial charge >= 0.3 is 0 Å². The Morgan fingerprint density at radius 2 is 1.58 bits per heavy atom. The zero-order valence-electron chi connectivity index (χ0n) is 15.6. The van der Waals surface area contributed by atoms with E-state index in [1.165, 1.54) is 0 Å². The normalized spacial score (nSPS) is 16.8. The molecular weight excluding hydrogens is 334 g/mol. The SMILES string of the molecule is COc1cc(CC2c3cc(O)c(O)cc3CCN2C)cc(OC)c1OC. The number of benzene rings is 2. The van der Waals surface area contributed by atoms with Crippen molar-refractivity contribution >= 4 is 0 Å². The summed E-state index contributed by atoms with van der Waals surface area (Å²) >= 11 is 0. The summed E-state index contributed by atoms with van der Waals surface area (Å²) in [5.41, 5.74) is 3.13. The lowest BCUT2D eigenvalue weighted by atomic mass is 9.88. The molecule has 2 N–H and O–H groups in total. The Balaban J connectivity index is 2.00. The van der Waals surface area contributed by atoms with Crippen molar-refractivity contribution in [1.29, 1.82) is 0 Å². The van der Waals surface area contributed by atoms with Crippen LogP contribution in [0.1, 0.15) is 22.7 Å². The lowest BCUT2D eigenvalue weighted by molar-refractivity contribution is 0.227. The van der Waals surface area contributed by atoms with Crippen molar-refractivity contribution in [2.45, 2.75) is 18.9 Å². The molecule has 0 aliphatic carbocycles. The zero-order chi connectivity index (χ0) is 18.8. The van der Waals surface area contributed by atoms with Crippen LogP contribution in [0, 0.1) is 0 Å². The van der Waals surface area contributed by atoms with Gasteiger partial charge in [0.15, 0.2) is 23.0 Å². The van der Waals surface area contributed by atoms with Crippen LogP contribution in [0.15, 0.2) is 24.3 Å². The molecule has 0 aromatic heterocycles. The predicted molar refractivity (Wildman–Crippen MR) is 98.6 cm³/mol. The van der Waals surface area contributed by atoms with E-state index < -0.39 is 0 Å². The van der Waals surface area contributed by atoms with Crippen LogP contribution in [0.3, 0.4) is 0 Å². The molecule has 6 nitrogen and oxygen atoms in total. The number of ether oxygens (including phenoxy) is 3. The number of phenolic OH excluding ortho intramolecular Hbond substituents is 2. The van der Waals surface area contributed by atoms with E-state index in [0.29, 0.717) is 23.7 Å². The number of hydrogen-bond donors (Lipinski definition) is 2. The average molecular weight is 359 g/mol. The van der Waals surface area contributed by atoms with Gasteiger partial charge in [0, 0.05) is 12.6 Å². The molecule has 0 amide bonds. The first-order chi connectivity index (χ1) is 12.5. The van der Waals surface area contributed by atoms with Crippen molar-refractivity contribution in [3.63, 3.8) is 0 Å². The maximum absolute atomic E-state index is 9.95. The van der Waals surface area contributed by atoms with Crippen LogP contribution in [-0.4, -0.2) is 50.0 Å². The minimum Gasteiger partial charge on any atom is -0.504 e. The average Bonchev–Trinajstić information content (AvgIpc) is 2.64. The molecule has 1 heterocycles. The lowest BCUT2D eigenvalue weighted by Gasteiger charge is -2.35. The Hall–Kier alpha value is -2.60. The van der Waals surface area contributed by atoms with E-state index in [2.05, 4.69) is 11.9 Å². The van der Waals surface area contributed by atoms with Gasteiger partial charge in [-0.2, -0.15) is 0 Å². The summed E-state index contributed by atoms with van der Waals surface area (Å²) in [6, 6.07) is 7.31. The number of nitrogens with zero attached hydrogens (tertiary/aromatic N) is 1. The predicted octanol–water partition coefficient (Wildman–Crippen LogP) is 2.90. The molecule has 1 unspecified atom stereocenters. The number of likely N-dealkylation sites (N-methyl/N-ethyl adjacent to an activating group) is 1. The van der Waals surface area contributed by atoms with Crippen LogP contribution in [-0.2, 0) is 12.8 Å². The minimum atomic E-state index is -0.0889. The van der Waals surface area contributed by atoms with E-state index in [1.54, 1.807) is 33.5 Å². The molecule has 2 aromatic carbocycles. The Morgan fingerprint density at radius 3 is 2.15 bits per heavy atom. The molecule has 0 saturated heterocycles. The number of hydrogen-bond acceptors (Lipinski definition) is 6. The Labute approximate surface area is 153 Å². The summed E-state index contributed by atoms with van der Waals surface area (Å²) in [5.74, 6) is 1.65. The molecular formula is C20H25NO5. The van der Waals surface area contributed by atoms with Gasteiger partial charge in [-0.1, -0.05) is 0 Å². The molecule has 2 aromatic rings. The number of phenols is 2. The third-order valence-electron chi connectivity index (χ3n) is 5.01. The van der Waals surface area contributed by atoms with Crippen LogP contribution in [0.5, 0.6) is 28.7 Å². The van der Waals surface area contributed by atoms with E-state index in [-0.39, 0.29) is 17.5 Å². The second kappa shape index (κ2) is 7.33. The molecule has 1 aliphatic heterocycles. The van der Waals surface area contributed by atoms with Crippen LogP contribution >= 0.6 is 0 Å². The van der Waals surface area contributed by atoms with E-state index in [9.17, 15) is 10.2 Å². The Bertz CT molecular complexity index is 780. The lowest BCUT2D eigenvalue weighted by Crippen LogP contribution is -2.33. The zero-order valence-corrected chi connectivity index (χ0v) is 15.6. The van der Waals surface area contributed by atoms with Crippen molar-refractivity contribution in [1.82, 2.24) is 4.90 Å². The highest BCUT2D eigenvalue weighted by Crippen LogP contribution is 2.41. The largest absolute Gasteiger partial charge is 0.504 e. The maximum atomic E-state index is 9.95. The molecule has 0 fully saturated rings. The number of fused-ring (bicyclic) bond motifs is 1. The van der Waals surface area contributed by atoms with Crippen molar-refractivity contribution in [3.8, 4) is 28.7 Å². The summed E-state index contributed by atoms with van der Waals surface area (Å²) in [6.45, 7) is 0.881. The highest BCUT2D eigenvalue weighted by Gasteiger charge is 2.27. The molecule has 1 aliphatic rings. The van der Waals surface area contributed by atoms with Crippen LogP contribution in [0.2, 0.25) is 0 Å². The van der Waals surface area contributed by atoms with Gasteiger partial charge in [0.2, 0.25) is 5.75 Å². The van der Waals surface area contributed by atoms with Crippen molar-refractivity contribution in [2.75, 3.05) is 34.9 Å². The van der Waals surface area contributed by atoms with Crippen LogP contribution in [0.4, 0.5) is 0 Å². The number of rotatable bonds is 5. The Kier molecular flexibility index (Phi) is 5.13. The molecule has 140 valence electrons. The second-order valence-corrected chi connectivity index (χ2v) is 6.52. The summed E-state index contributed by atoms with van der Waals surface area (Å²) < 4.78 is 16.3. The standard InChI is InChI=1S/C20H25NO5/c1-21-6-5-13-10-16(22)17(23)11-14(13)15(21)7-12-8-18(24-2)20(26-4)19(9-12)25-3/h8-11,15,22-23H,5-7H2,1-4H3. The molecule has 0 spiro atoms. The first-order valence-corrected chi connectivity index (χ1v) is 8.52. The Morgan fingerprint density at radius 1 is 0.962 bits per heavy atom. The molecule has 0 radical (unpaired) electrons. The summed E-state index contributed by atoms with van der Waals surface area (Å²) in [7, 11) is 6.85. The van der Waals surface area contributed by atoms with Crippen molar-refractivity contribution in [3.05, 3.63) is 41.0 Å². The number of methoxy groups -OCH3 is 3.